The first-order chi connectivity index (χ1) is 15.1. The maximum absolute atomic E-state index is 13.2. The molecule has 3 aromatic carbocycles. The molecule has 0 bridgehead atoms. The zero-order valence-electron chi connectivity index (χ0n) is 17.5. The Labute approximate surface area is 185 Å². The Bertz CT molecular complexity index is 1200. The summed E-state index contributed by atoms with van der Waals surface area (Å²) in [6.45, 7) is 4.61. The third-order valence-electron chi connectivity index (χ3n) is 4.66. The van der Waals surface area contributed by atoms with Crippen molar-refractivity contribution in [2.24, 2.45) is 5.10 Å². The molecule has 0 aliphatic heterocycles. The Hall–Kier alpha value is -3.51. The van der Waals surface area contributed by atoms with Gasteiger partial charge in [0.2, 0.25) is 5.13 Å². The summed E-state index contributed by atoms with van der Waals surface area (Å²) in [6.07, 6.45) is 1.92. The molecule has 0 saturated carbocycles. The van der Waals surface area contributed by atoms with Crippen molar-refractivity contribution in [1.29, 1.82) is 0 Å². The summed E-state index contributed by atoms with van der Waals surface area (Å²) in [5.41, 5.74) is 3.82. The average Bonchev–Trinajstić information content (AvgIpc) is 3.18. The lowest BCUT2D eigenvalue weighted by molar-refractivity contribution is -0.118. The molecular weight excluding hydrogens is 406 g/mol. The van der Waals surface area contributed by atoms with Gasteiger partial charge in [0.25, 0.3) is 5.91 Å². The van der Waals surface area contributed by atoms with Crippen LogP contribution in [0.25, 0.3) is 10.2 Å². The Kier molecular flexibility index (Phi) is 6.38. The van der Waals surface area contributed by atoms with Crippen LogP contribution in [0.15, 0.2) is 77.9 Å². The normalized spacial score (nSPS) is 11.2. The number of rotatable bonds is 7. The number of fused-ring (bicyclic) bond motifs is 1. The van der Waals surface area contributed by atoms with Gasteiger partial charge in [-0.2, -0.15) is 10.1 Å². The number of benzene rings is 3. The third-order valence-corrected chi connectivity index (χ3v) is 5.66. The van der Waals surface area contributed by atoms with E-state index in [1.54, 1.807) is 6.21 Å². The Morgan fingerprint density at radius 2 is 1.87 bits per heavy atom. The smallest absolute Gasteiger partial charge is 0.253 e. The number of aromatic nitrogens is 1. The number of anilines is 1. The monoisotopic (exact) mass is 429 g/mol. The second-order valence-electron chi connectivity index (χ2n) is 7.08. The quantitative estimate of drug-likeness (QED) is 0.283. The van der Waals surface area contributed by atoms with E-state index in [-0.39, 0.29) is 12.3 Å². The second kappa shape index (κ2) is 9.53. The summed E-state index contributed by atoms with van der Waals surface area (Å²) < 4.78 is 6.52. The van der Waals surface area contributed by atoms with Crippen molar-refractivity contribution >= 4 is 38.8 Å². The first-order valence-electron chi connectivity index (χ1n) is 10.1. The van der Waals surface area contributed by atoms with Crippen molar-refractivity contribution in [3.8, 4) is 5.75 Å². The van der Waals surface area contributed by atoms with Gasteiger partial charge in [0.1, 0.15) is 5.75 Å². The Morgan fingerprint density at radius 1 is 1.10 bits per heavy atom. The summed E-state index contributed by atoms with van der Waals surface area (Å²) in [7, 11) is 0. The molecule has 4 rings (SSSR count). The summed E-state index contributed by atoms with van der Waals surface area (Å²) in [5.74, 6) is 0.669. The van der Waals surface area contributed by atoms with Gasteiger partial charge >= 0.3 is 0 Å². The highest BCUT2D eigenvalue weighted by atomic mass is 32.1. The van der Waals surface area contributed by atoms with Crippen molar-refractivity contribution in [1.82, 2.24) is 4.98 Å². The summed E-state index contributed by atoms with van der Waals surface area (Å²) in [4.78, 5) is 17.8. The molecule has 5 nitrogen and oxygen atoms in total. The molecule has 156 valence electrons. The van der Waals surface area contributed by atoms with Crippen LogP contribution in [0.5, 0.6) is 5.75 Å². The molecule has 31 heavy (non-hydrogen) atoms. The summed E-state index contributed by atoms with van der Waals surface area (Å²) >= 11 is 1.46. The molecule has 1 amide bonds. The molecule has 0 N–H and O–H groups in total. The molecule has 0 fully saturated rings. The van der Waals surface area contributed by atoms with Gasteiger partial charge in [-0.05, 0) is 66.9 Å². The van der Waals surface area contributed by atoms with Crippen molar-refractivity contribution in [2.45, 2.75) is 20.3 Å². The van der Waals surface area contributed by atoms with E-state index < -0.39 is 0 Å². The standard InChI is InChI=1S/C25H23N3O2S/c1-3-30-21-12-10-20(11-13-21)17-26-28(24(29)16-19-7-5-4-6-8-19)25-27-22-14-9-18(2)15-23(22)31-25/h4-15,17H,3,16H2,1-2H3/b26-17+. The van der Waals surface area contributed by atoms with E-state index in [4.69, 9.17) is 4.74 Å². The van der Waals surface area contributed by atoms with E-state index >= 15 is 0 Å². The lowest BCUT2D eigenvalue weighted by atomic mass is 10.1. The Morgan fingerprint density at radius 3 is 2.61 bits per heavy atom. The van der Waals surface area contributed by atoms with Crippen LogP contribution in [0, 0.1) is 6.92 Å². The zero-order valence-corrected chi connectivity index (χ0v) is 18.3. The largest absolute Gasteiger partial charge is 0.494 e. The van der Waals surface area contributed by atoms with Crippen LogP contribution in [0.2, 0.25) is 0 Å². The molecule has 0 atom stereocenters. The van der Waals surface area contributed by atoms with Gasteiger partial charge in [-0.15, -0.1) is 0 Å². The van der Waals surface area contributed by atoms with E-state index in [9.17, 15) is 4.79 Å². The first-order valence-corrected chi connectivity index (χ1v) is 10.9. The van der Waals surface area contributed by atoms with E-state index in [1.165, 1.54) is 16.3 Å². The van der Waals surface area contributed by atoms with Crippen molar-refractivity contribution < 1.29 is 9.53 Å². The van der Waals surface area contributed by atoms with Crippen LogP contribution < -0.4 is 9.75 Å². The molecule has 6 heteroatoms. The van der Waals surface area contributed by atoms with Gasteiger partial charge in [0.15, 0.2) is 0 Å². The number of hydrazone groups is 1. The van der Waals surface area contributed by atoms with E-state index in [2.05, 4.69) is 16.2 Å². The van der Waals surface area contributed by atoms with Crippen LogP contribution in [-0.2, 0) is 11.2 Å². The fourth-order valence-electron chi connectivity index (χ4n) is 3.12. The zero-order chi connectivity index (χ0) is 21.6. The molecule has 0 spiro atoms. The minimum Gasteiger partial charge on any atom is -0.494 e. The second-order valence-corrected chi connectivity index (χ2v) is 8.09. The summed E-state index contributed by atoms with van der Waals surface area (Å²) in [6, 6.07) is 23.3. The number of thiazole rings is 1. The number of amides is 1. The molecule has 1 heterocycles. The van der Waals surface area contributed by atoms with Crippen molar-refractivity contribution in [3.63, 3.8) is 0 Å². The molecule has 4 aromatic rings. The maximum Gasteiger partial charge on any atom is 0.253 e. The van der Waals surface area contributed by atoms with Crippen LogP contribution in [-0.4, -0.2) is 23.7 Å². The maximum atomic E-state index is 13.2. The van der Waals surface area contributed by atoms with Crippen molar-refractivity contribution in [2.75, 3.05) is 11.6 Å². The number of carbonyl (C=O) groups excluding carboxylic acids is 1. The molecule has 0 saturated heterocycles. The lowest BCUT2D eigenvalue weighted by Crippen LogP contribution is -2.27. The predicted molar refractivity (Wildman–Crippen MR) is 127 cm³/mol. The average molecular weight is 430 g/mol. The fourth-order valence-corrected chi connectivity index (χ4v) is 4.16. The highest BCUT2D eigenvalue weighted by molar-refractivity contribution is 7.22. The molecule has 0 aliphatic rings. The Balaban J connectivity index is 1.64. The number of aryl methyl sites for hydroxylation is 1. The SMILES string of the molecule is CCOc1ccc(/C=N/N(C(=O)Cc2ccccc2)c2nc3ccc(C)cc3s2)cc1. The van der Waals surface area contributed by atoms with Crippen LogP contribution in [0.1, 0.15) is 23.6 Å². The highest BCUT2D eigenvalue weighted by Gasteiger charge is 2.19. The van der Waals surface area contributed by atoms with Crippen molar-refractivity contribution in [3.05, 3.63) is 89.5 Å². The minimum atomic E-state index is -0.135. The van der Waals surface area contributed by atoms with Gasteiger partial charge in [-0.1, -0.05) is 47.7 Å². The van der Waals surface area contributed by atoms with Gasteiger partial charge in [0.05, 0.1) is 29.5 Å². The predicted octanol–water partition coefficient (Wildman–Crippen LogP) is 5.61. The van der Waals surface area contributed by atoms with E-state index in [1.807, 2.05) is 80.6 Å². The van der Waals surface area contributed by atoms with Gasteiger partial charge < -0.3 is 4.74 Å². The topological polar surface area (TPSA) is 54.8 Å². The number of ether oxygens (including phenoxy) is 1. The van der Waals surface area contributed by atoms with Crippen LogP contribution >= 0.6 is 11.3 Å². The minimum absolute atomic E-state index is 0.135. The third kappa shape index (κ3) is 5.16. The number of carbonyl (C=O) groups is 1. The fraction of sp³-hybridized carbons (Fsp3) is 0.160. The highest BCUT2D eigenvalue weighted by Crippen LogP contribution is 2.30. The van der Waals surface area contributed by atoms with Crippen LogP contribution in [0.4, 0.5) is 5.13 Å². The first kappa shape index (κ1) is 20.8. The number of hydrogen-bond donors (Lipinski definition) is 0. The molecule has 0 aliphatic carbocycles. The summed E-state index contributed by atoms with van der Waals surface area (Å²) in [5, 5.41) is 6.48. The number of hydrogen-bond acceptors (Lipinski definition) is 5. The van der Waals surface area contributed by atoms with Gasteiger partial charge in [-0.3, -0.25) is 4.79 Å². The van der Waals surface area contributed by atoms with Gasteiger partial charge in [0, 0.05) is 0 Å². The molecule has 1 aromatic heterocycles. The van der Waals surface area contributed by atoms with Crippen LogP contribution in [0.3, 0.4) is 0 Å². The van der Waals surface area contributed by atoms with E-state index in [0.717, 1.165) is 32.7 Å². The molecule has 0 unspecified atom stereocenters. The molecule has 0 radical (unpaired) electrons. The van der Waals surface area contributed by atoms with Gasteiger partial charge in [-0.25, -0.2) is 4.98 Å². The lowest BCUT2D eigenvalue weighted by Gasteiger charge is -2.14. The molecular formula is C25H23N3O2S. The number of nitrogens with zero attached hydrogens (tertiary/aromatic N) is 3. The van der Waals surface area contributed by atoms with E-state index in [0.29, 0.717) is 11.7 Å².